The molecule has 0 saturated carbocycles. The molecule has 0 amide bonds. The van der Waals surface area contributed by atoms with E-state index in [9.17, 15) is 4.39 Å². The Morgan fingerprint density at radius 3 is 2.53 bits per heavy atom. The molecule has 0 aromatic heterocycles. The predicted octanol–water partition coefficient (Wildman–Crippen LogP) is 2.58. The Balaban J connectivity index is 2.61. The molecule has 5 heteroatoms. The van der Waals surface area contributed by atoms with E-state index >= 15 is 0 Å². The van der Waals surface area contributed by atoms with Crippen LogP contribution in [0.2, 0.25) is 5.02 Å². The van der Waals surface area contributed by atoms with E-state index in [-0.39, 0.29) is 18.1 Å². The Morgan fingerprint density at radius 2 is 2.00 bits per heavy atom. The molecule has 1 rings (SSSR count). The molecule has 0 aliphatic carbocycles. The fourth-order valence-electron chi connectivity index (χ4n) is 1.56. The first-order valence-corrected chi connectivity index (χ1v) is 5.69. The zero-order chi connectivity index (χ0) is 12.8. The Labute approximate surface area is 106 Å². The van der Waals surface area contributed by atoms with Crippen molar-refractivity contribution in [3.8, 4) is 0 Å². The highest BCUT2D eigenvalue weighted by molar-refractivity contribution is 6.31. The number of ether oxygens (including phenoxy) is 2. The number of rotatable bonds is 6. The molecule has 0 aliphatic heterocycles. The van der Waals surface area contributed by atoms with Gasteiger partial charge in [0.2, 0.25) is 0 Å². The highest BCUT2D eigenvalue weighted by atomic mass is 35.5. The molecule has 0 spiro atoms. The van der Waals surface area contributed by atoms with E-state index in [0.717, 1.165) is 0 Å². The van der Waals surface area contributed by atoms with Gasteiger partial charge in [0.15, 0.2) is 6.29 Å². The third kappa shape index (κ3) is 3.92. The minimum Gasteiger partial charge on any atom is -0.354 e. The summed E-state index contributed by atoms with van der Waals surface area (Å²) in [7, 11) is 3.12. The minimum absolute atomic E-state index is 0.0688. The topological polar surface area (TPSA) is 30.5 Å². The smallest absolute Gasteiger partial charge is 0.171 e. The molecule has 0 fully saturated rings. The molecule has 1 aromatic carbocycles. The fourth-order valence-corrected chi connectivity index (χ4v) is 1.79. The van der Waals surface area contributed by atoms with Crippen LogP contribution >= 0.6 is 11.6 Å². The van der Waals surface area contributed by atoms with Crippen LogP contribution in [0, 0.1) is 5.82 Å². The number of hydrogen-bond donors (Lipinski definition) is 1. The molecule has 3 nitrogen and oxygen atoms in total. The lowest BCUT2D eigenvalue weighted by Gasteiger charge is -2.22. The number of halogens is 2. The number of nitrogens with one attached hydrogen (secondary N) is 1. The first-order valence-electron chi connectivity index (χ1n) is 5.32. The third-order valence-corrected chi connectivity index (χ3v) is 2.89. The second-order valence-electron chi connectivity index (χ2n) is 3.71. The van der Waals surface area contributed by atoms with Crippen molar-refractivity contribution in [2.75, 3.05) is 14.2 Å². The molecule has 0 saturated heterocycles. The maximum Gasteiger partial charge on any atom is 0.171 e. The van der Waals surface area contributed by atoms with Gasteiger partial charge in [0.05, 0.1) is 6.04 Å². The van der Waals surface area contributed by atoms with Crippen LogP contribution in [0.25, 0.3) is 0 Å². The third-order valence-electron chi connectivity index (χ3n) is 2.54. The van der Waals surface area contributed by atoms with E-state index in [1.54, 1.807) is 26.4 Å². The van der Waals surface area contributed by atoms with Gasteiger partial charge in [0.25, 0.3) is 0 Å². The highest BCUT2D eigenvalue weighted by Gasteiger charge is 2.16. The summed E-state index contributed by atoms with van der Waals surface area (Å²) in [6.45, 7) is 2.22. The molecule has 0 aliphatic rings. The van der Waals surface area contributed by atoms with Crippen molar-refractivity contribution in [3.05, 3.63) is 34.6 Å². The first kappa shape index (κ1) is 14.4. The van der Waals surface area contributed by atoms with Gasteiger partial charge in [-0.25, -0.2) is 4.39 Å². The molecular weight excluding hydrogens is 245 g/mol. The van der Waals surface area contributed by atoms with Crippen molar-refractivity contribution < 1.29 is 13.9 Å². The predicted molar refractivity (Wildman–Crippen MR) is 65.5 cm³/mol. The molecule has 1 atom stereocenters. The lowest BCUT2D eigenvalue weighted by Crippen LogP contribution is -2.39. The summed E-state index contributed by atoms with van der Waals surface area (Å²) in [5, 5.41) is 3.52. The van der Waals surface area contributed by atoms with Crippen LogP contribution in [-0.2, 0) is 16.0 Å². The van der Waals surface area contributed by atoms with Gasteiger partial charge in [-0.2, -0.15) is 0 Å². The average Bonchev–Trinajstić information content (AvgIpc) is 2.30. The van der Waals surface area contributed by atoms with Gasteiger partial charge in [0, 0.05) is 31.4 Å². The normalized spacial score (nSPS) is 13.1. The average molecular weight is 262 g/mol. The first-order chi connectivity index (χ1) is 8.10. The summed E-state index contributed by atoms with van der Waals surface area (Å²) < 4.78 is 23.7. The molecular formula is C12H17ClFNO2. The molecule has 0 radical (unpaired) electrons. The molecule has 17 heavy (non-hydrogen) atoms. The summed E-state index contributed by atoms with van der Waals surface area (Å²) in [5.74, 6) is -0.316. The highest BCUT2D eigenvalue weighted by Crippen LogP contribution is 2.18. The van der Waals surface area contributed by atoms with E-state index in [1.165, 1.54) is 6.07 Å². The van der Waals surface area contributed by atoms with Gasteiger partial charge >= 0.3 is 0 Å². The quantitative estimate of drug-likeness (QED) is 0.799. The summed E-state index contributed by atoms with van der Waals surface area (Å²) in [6.07, 6.45) is -0.374. The van der Waals surface area contributed by atoms with E-state index in [2.05, 4.69) is 5.32 Å². The Kier molecular flexibility index (Phi) is 5.85. The van der Waals surface area contributed by atoms with Gasteiger partial charge in [-0.3, -0.25) is 0 Å². The van der Waals surface area contributed by atoms with Crippen molar-refractivity contribution >= 4 is 11.6 Å². The molecule has 0 bridgehead atoms. The van der Waals surface area contributed by atoms with Gasteiger partial charge in [-0.15, -0.1) is 0 Å². The van der Waals surface area contributed by atoms with Gasteiger partial charge < -0.3 is 14.8 Å². The maximum atomic E-state index is 13.5. The van der Waals surface area contributed by atoms with Crippen molar-refractivity contribution in [3.63, 3.8) is 0 Å². The van der Waals surface area contributed by atoms with E-state index in [1.807, 2.05) is 6.92 Å². The zero-order valence-electron chi connectivity index (χ0n) is 10.2. The SMILES string of the molecule is COC(OC)C(C)NCc1c(F)cccc1Cl. The Hall–Kier alpha value is -0.680. The van der Waals surface area contributed by atoms with Crippen molar-refractivity contribution in [2.45, 2.75) is 25.8 Å². The van der Waals surface area contributed by atoms with Crippen molar-refractivity contribution in [2.24, 2.45) is 0 Å². The molecule has 1 aromatic rings. The van der Waals surface area contributed by atoms with Crippen molar-refractivity contribution in [1.29, 1.82) is 0 Å². The van der Waals surface area contributed by atoms with Crippen LogP contribution in [-0.4, -0.2) is 26.6 Å². The Bertz CT molecular complexity index is 338. The number of methoxy groups -OCH3 is 2. The number of benzene rings is 1. The van der Waals surface area contributed by atoms with Crippen LogP contribution in [0.5, 0.6) is 0 Å². The van der Waals surface area contributed by atoms with Crippen LogP contribution in [0.3, 0.4) is 0 Å². The second-order valence-corrected chi connectivity index (χ2v) is 4.12. The van der Waals surface area contributed by atoms with Crippen LogP contribution in [0.15, 0.2) is 18.2 Å². The summed E-state index contributed by atoms with van der Waals surface area (Å²) >= 11 is 5.92. The van der Waals surface area contributed by atoms with Gasteiger partial charge in [-0.1, -0.05) is 17.7 Å². The van der Waals surface area contributed by atoms with Gasteiger partial charge in [-0.05, 0) is 19.1 Å². The lowest BCUT2D eigenvalue weighted by molar-refractivity contribution is -0.119. The van der Waals surface area contributed by atoms with E-state index in [4.69, 9.17) is 21.1 Å². The van der Waals surface area contributed by atoms with Gasteiger partial charge in [0.1, 0.15) is 5.82 Å². The Morgan fingerprint density at radius 1 is 1.35 bits per heavy atom. The summed E-state index contributed by atoms with van der Waals surface area (Å²) in [5.41, 5.74) is 0.451. The zero-order valence-corrected chi connectivity index (χ0v) is 10.9. The largest absolute Gasteiger partial charge is 0.354 e. The maximum absolute atomic E-state index is 13.5. The van der Waals surface area contributed by atoms with Crippen LogP contribution < -0.4 is 5.32 Å². The summed E-state index contributed by atoms with van der Waals surface area (Å²) in [6, 6.07) is 4.56. The fraction of sp³-hybridized carbons (Fsp3) is 0.500. The second kappa shape index (κ2) is 6.91. The monoisotopic (exact) mass is 261 g/mol. The minimum atomic E-state index is -0.374. The summed E-state index contributed by atoms with van der Waals surface area (Å²) in [4.78, 5) is 0. The molecule has 96 valence electrons. The molecule has 1 unspecified atom stereocenters. The van der Waals surface area contributed by atoms with Crippen LogP contribution in [0.4, 0.5) is 4.39 Å². The van der Waals surface area contributed by atoms with Crippen LogP contribution in [0.1, 0.15) is 12.5 Å². The molecule has 1 N–H and O–H groups in total. The van der Waals surface area contributed by atoms with Crippen molar-refractivity contribution in [1.82, 2.24) is 5.32 Å². The van der Waals surface area contributed by atoms with E-state index < -0.39 is 0 Å². The number of hydrogen-bond acceptors (Lipinski definition) is 3. The molecule has 0 heterocycles. The standard InChI is InChI=1S/C12H17ClFNO2/c1-8(12(16-2)17-3)15-7-9-10(13)5-4-6-11(9)14/h4-6,8,12,15H,7H2,1-3H3. The lowest BCUT2D eigenvalue weighted by atomic mass is 10.2. The van der Waals surface area contributed by atoms with E-state index in [0.29, 0.717) is 17.1 Å².